The van der Waals surface area contributed by atoms with E-state index in [1.54, 1.807) is 11.3 Å². The van der Waals surface area contributed by atoms with Crippen molar-refractivity contribution in [3.8, 4) is 0 Å². The van der Waals surface area contributed by atoms with E-state index in [1.165, 1.54) is 35.2 Å². The molecule has 0 radical (unpaired) electrons. The van der Waals surface area contributed by atoms with E-state index in [-0.39, 0.29) is 0 Å². The normalized spacial score (nSPS) is 13.8. The lowest BCUT2D eigenvalue weighted by Gasteiger charge is -2.19. The summed E-state index contributed by atoms with van der Waals surface area (Å²) in [5.74, 6) is 0.828. The van der Waals surface area contributed by atoms with Crippen molar-refractivity contribution in [3.05, 3.63) is 44.8 Å². The molecule has 0 aliphatic heterocycles. The van der Waals surface area contributed by atoms with Crippen LogP contribution in [0.1, 0.15) is 40.8 Å². The summed E-state index contributed by atoms with van der Waals surface area (Å²) in [5.41, 5.74) is 11.9. The first kappa shape index (κ1) is 14.5. The predicted octanol–water partition coefficient (Wildman–Crippen LogP) is 3.58. The fraction of sp³-hybridized carbons (Fsp3) is 0.375. The fourth-order valence-electron chi connectivity index (χ4n) is 2.70. The summed E-state index contributed by atoms with van der Waals surface area (Å²) in [6.45, 7) is 2.89. The first-order valence-corrected chi connectivity index (χ1v) is 8.58. The van der Waals surface area contributed by atoms with Crippen LogP contribution in [0.2, 0.25) is 0 Å². The summed E-state index contributed by atoms with van der Waals surface area (Å²) in [7, 11) is 0. The Bertz CT molecular complexity index is 676. The van der Waals surface area contributed by atoms with Crippen LogP contribution in [-0.2, 0) is 19.4 Å². The number of nitrogens with one attached hydrogen (secondary N) is 1. The minimum absolute atomic E-state index is 0.417. The van der Waals surface area contributed by atoms with E-state index < -0.39 is 0 Å². The number of rotatable bonds is 4. The molecule has 0 unspecified atom stereocenters. The number of hydrogen-bond acceptors (Lipinski definition) is 4. The summed E-state index contributed by atoms with van der Waals surface area (Å²) >= 11 is 6.92. The summed E-state index contributed by atoms with van der Waals surface area (Å²) < 4.78 is 0. The smallest absolute Gasteiger partial charge is 0.136 e. The van der Waals surface area contributed by atoms with Crippen LogP contribution in [0.5, 0.6) is 0 Å². The molecule has 2 heterocycles. The number of thiophene rings is 1. The monoisotopic (exact) mass is 317 g/mol. The molecule has 3 N–H and O–H groups in total. The van der Waals surface area contributed by atoms with Crippen LogP contribution in [0.25, 0.3) is 0 Å². The molecule has 5 heteroatoms. The van der Waals surface area contributed by atoms with Gasteiger partial charge in [0.1, 0.15) is 10.8 Å². The van der Waals surface area contributed by atoms with Crippen molar-refractivity contribution < 1.29 is 0 Å². The van der Waals surface area contributed by atoms with Gasteiger partial charge in [-0.2, -0.15) is 11.3 Å². The van der Waals surface area contributed by atoms with E-state index in [9.17, 15) is 0 Å². The molecule has 0 amide bonds. The molecule has 1 aliphatic carbocycles. The molecule has 21 heavy (non-hydrogen) atoms. The van der Waals surface area contributed by atoms with E-state index in [1.807, 2.05) is 0 Å². The van der Waals surface area contributed by atoms with Gasteiger partial charge in [0, 0.05) is 12.2 Å². The van der Waals surface area contributed by atoms with Crippen LogP contribution in [0, 0.1) is 6.92 Å². The first-order chi connectivity index (χ1) is 10.1. The van der Waals surface area contributed by atoms with Gasteiger partial charge in [0.15, 0.2) is 0 Å². The summed E-state index contributed by atoms with van der Waals surface area (Å²) in [5, 5.41) is 7.74. The van der Waals surface area contributed by atoms with E-state index in [4.69, 9.17) is 22.9 Å². The van der Waals surface area contributed by atoms with E-state index in [2.05, 4.69) is 29.1 Å². The van der Waals surface area contributed by atoms with Crippen molar-refractivity contribution in [1.29, 1.82) is 0 Å². The maximum absolute atomic E-state index is 5.88. The Kier molecular flexibility index (Phi) is 4.22. The molecule has 0 saturated heterocycles. The number of thiocarbonyl (C=S) groups is 1. The van der Waals surface area contributed by atoms with Gasteiger partial charge >= 0.3 is 0 Å². The van der Waals surface area contributed by atoms with Crippen molar-refractivity contribution in [1.82, 2.24) is 4.98 Å². The number of hydrogen-bond donors (Lipinski definition) is 2. The molecule has 0 spiro atoms. The second-order valence-corrected chi connectivity index (χ2v) is 6.68. The van der Waals surface area contributed by atoms with E-state index in [0.717, 1.165) is 30.8 Å². The highest BCUT2D eigenvalue weighted by Gasteiger charge is 2.16. The zero-order valence-electron chi connectivity index (χ0n) is 12.1. The summed E-state index contributed by atoms with van der Waals surface area (Å²) in [4.78, 5) is 5.21. The van der Waals surface area contributed by atoms with Gasteiger partial charge in [0.05, 0.1) is 5.56 Å². The molecule has 0 saturated carbocycles. The lowest BCUT2D eigenvalue weighted by atomic mass is 9.94. The second kappa shape index (κ2) is 6.12. The zero-order chi connectivity index (χ0) is 14.8. The molecule has 0 bridgehead atoms. The highest BCUT2D eigenvalue weighted by molar-refractivity contribution is 7.80. The van der Waals surface area contributed by atoms with E-state index in [0.29, 0.717) is 4.99 Å². The van der Waals surface area contributed by atoms with Crippen molar-refractivity contribution in [2.24, 2.45) is 5.73 Å². The van der Waals surface area contributed by atoms with Crippen molar-refractivity contribution in [2.45, 2.75) is 39.2 Å². The van der Waals surface area contributed by atoms with Crippen molar-refractivity contribution in [3.63, 3.8) is 0 Å². The quantitative estimate of drug-likeness (QED) is 0.846. The van der Waals surface area contributed by atoms with Crippen LogP contribution in [0.3, 0.4) is 0 Å². The van der Waals surface area contributed by atoms with Gasteiger partial charge in [-0.3, -0.25) is 0 Å². The SMILES string of the molecule is Cc1cscc1CNc1nc2c(cc1C(N)=S)CCCC2. The average Bonchev–Trinajstić information content (AvgIpc) is 2.89. The molecular formula is C16H19N3S2. The highest BCUT2D eigenvalue weighted by Crippen LogP contribution is 2.25. The number of nitrogens with zero attached hydrogens (tertiary/aromatic N) is 1. The third-order valence-electron chi connectivity index (χ3n) is 3.97. The molecule has 110 valence electrons. The molecule has 3 nitrogen and oxygen atoms in total. The van der Waals surface area contributed by atoms with Gasteiger partial charge in [-0.25, -0.2) is 4.98 Å². The Balaban J connectivity index is 1.89. The van der Waals surface area contributed by atoms with Gasteiger partial charge in [0.2, 0.25) is 0 Å². The van der Waals surface area contributed by atoms with Gasteiger partial charge in [-0.05, 0) is 66.1 Å². The van der Waals surface area contributed by atoms with Crippen molar-refractivity contribution >= 4 is 34.4 Å². The fourth-order valence-corrected chi connectivity index (χ4v) is 3.72. The molecule has 3 rings (SSSR count). The number of aromatic nitrogens is 1. The topological polar surface area (TPSA) is 50.9 Å². The van der Waals surface area contributed by atoms with Crippen LogP contribution in [0.4, 0.5) is 5.82 Å². The number of aryl methyl sites for hydroxylation is 3. The first-order valence-electron chi connectivity index (χ1n) is 7.23. The Hall–Kier alpha value is -1.46. The molecular weight excluding hydrogens is 298 g/mol. The lowest BCUT2D eigenvalue weighted by molar-refractivity contribution is 0.668. The van der Waals surface area contributed by atoms with Crippen LogP contribution in [-0.4, -0.2) is 9.97 Å². The minimum atomic E-state index is 0.417. The Morgan fingerprint density at radius 2 is 2.19 bits per heavy atom. The van der Waals surface area contributed by atoms with Crippen LogP contribution < -0.4 is 11.1 Å². The molecule has 0 atom stereocenters. The third kappa shape index (κ3) is 3.09. The second-order valence-electron chi connectivity index (χ2n) is 5.50. The third-order valence-corrected chi connectivity index (χ3v) is 5.10. The molecule has 2 aromatic rings. The molecule has 0 aromatic carbocycles. The molecule has 1 aliphatic rings. The zero-order valence-corrected chi connectivity index (χ0v) is 13.7. The Labute approximate surface area is 134 Å². The number of pyridine rings is 1. The molecule has 2 aromatic heterocycles. The van der Waals surface area contributed by atoms with Crippen molar-refractivity contribution in [2.75, 3.05) is 5.32 Å². The van der Waals surface area contributed by atoms with Crippen LogP contribution in [0.15, 0.2) is 16.8 Å². The highest BCUT2D eigenvalue weighted by atomic mass is 32.1. The lowest BCUT2D eigenvalue weighted by Crippen LogP contribution is -2.18. The van der Waals surface area contributed by atoms with Gasteiger partial charge in [-0.1, -0.05) is 12.2 Å². The van der Waals surface area contributed by atoms with E-state index >= 15 is 0 Å². The minimum Gasteiger partial charge on any atom is -0.389 e. The summed E-state index contributed by atoms with van der Waals surface area (Å²) in [6, 6.07) is 2.13. The number of nitrogens with two attached hydrogens (primary N) is 1. The summed E-state index contributed by atoms with van der Waals surface area (Å²) in [6.07, 6.45) is 4.59. The standard InChI is InChI=1S/C16H19N3S2/c1-10-8-21-9-12(10)7-18-16-13(15(17)20)6-11-4-2-3-5-14(11)19-16/h6,8-9H,2-5,7H2,1H3,(H2,17,20)(H,18,19). The Morgan fingerprint density at radius 1 is 1.38 bits per heavy atom. The Morgan fingerprint density at radius 3 is 2.90 bits per heavy atom. The average molecular weight is 317 g/mol. The van der Waals surface area contributed by atoms with Gasteiger partial charge in [-0.15, -0.1) is 0 Å². The van der Waals surface area contributed by atoms with Gasteiger partial charge < -0.3 is 11.1 Å². The predicted molar refractivity (Wildman–Crippen MR) is 93.1 cm³/mol. The van der Waals surface area contributed by atoms with Crippen LogP contribution >= 0.6 is 23.6 Å². The maximum atomic E-state index is 5.88. The number of anilines is 1. The van der Waals surface area contributed by atoms with Gasteiger partial charge in [0.25, 0.3) is 0 Å². The number of fused-ring (bicyclic) bond motifs is 1. The molecule has 0 fully saturated rings. The maximum Gasteiger partial charge on any atom is 0.136 e. The largest absolute Gasteiger partial charge is 0.389 e.